The number of hydrogen-bond acceptors (Lipinski definition) is 5. The Morgan fingerprint density at radius 3 is 2.29 bits per heavy atom. The normalized spacial score (nSPS) is 15.5. The molecular formula is C18H22N6. The van der Waals surface area contributed by atoms with Crippen LogP contribution in [0.3, 0.4) is 0 Å². The van der Waals surface area contributed by atoms with Crippen LogP contribution in [0.25, 0.3) is 11.2 Å². The molecule has 1 fully saturated rings. The van der Waals surface area contributed by atoms with Gasteiger partial charge in [0.2, 0.25) is 0 Å². The summed E-state index contributed by atoms with van der Waals surface area (Å²) in [5, 5.41) is 0. The molecule has 1 aliphatic rings. The summed E-state index contributed by atoms with van der Waals surface area (Å²) in [6, 6.07) is 10.9. The minimum Gasteiger partial charge on any atom is -0.368 e. The van der Waals surface area contributed by atoms with Crippen molar-refractivity contribution in [3.05, 3.63) is 43.0 Å². The molecule has 0 radical (unpaired) electrons. The van der Waals surface area contributed by atoms with E-state index in [1.807, 2.05) is 6.33 Å². The minimum absolute atomic E-state index is 0.340. The summed E-state index contributed by atoms with van der Waals surface area (Å²) in [6.45, 7) is 8.13. The van der Waals surface area contributed by atoms with E-state index in [1.165, 1.54) is 5.69 Å². The highest BCUT2D eigenvalue weighted by Crippen LogP contribution is 2.25. The summed E-state index contributed by atoms with van der Waals surface area (Å²) < 4.78 is 2.10. The largest absolute Gasteiger partial charge is 0.368 e. The van der Waals surface area contributed by atoms with Gasteiger partial charge in [-0.05, 0) is 26.0 Å². The van der Waals surface area contributed by atoms with Gasteiger partial charge in [-0.3, -0.25) is 0 Å². The molecule has 3 aromatic rings. The summed E-state index contributed by atoms with van der Waals surface area (Å²) in [7, 11) is 0. The van der Waals surface area contributed by atoms with Crippen LogP contribution in [-0.2, 0) is 0 Å². The van der Waals surface area contributed by atoms with Gasteiger partial charge in [0.25, 0.3) is 0 Å². The fraction of sp³-hybridized carbons (Fsp3) is 0.389. The van der Waals surface area contributed by atoms with Crippen LogP contribution in [0.15, 0.2) is 43.0 Å². The Hall–Kier alpha value is -2.63. The van der Waals surface area contributed by atoms with Crippen LogP contribution in [-0.4, -0.2) is 45.7 Å². The maximum atomic E-state index is 4.57. The molecule has 6 heteroatoms. The van der Waals surface area contributed by atoms with Gasteiger partial charge in [0, 0.05) is 37.9 Å². The Labute approximate surface area is 141 Å². The topological polar surface area (TPSA) is 50.1 Å². The Morgan fingerprint density at radius 2 is 1.58 bits per heavy atom. The molecule has 4 rings (SSSR count). The monoisotopic (exact) mass is 322 g/mol. The summed E-state index contributed by atoms with van der Waals surface area (Å²) in [6.07, 6.45) is 3.52. The quantitative estimate of drug-likeness (QED) is 0.742. The van der Waals surface area contributed by atoms with Gasteiger partial charge in [0.05, 0.1) is 6.33 Å². The van der Waals surface area contributed by atoms with E-state index in [0.717, 1.165) is 43.2 Å². The number of piperazine rings is 1. The van der Waals surface area contributed by atoms with Crippen molar-refractivity contribution in [3.8, 4) is 0 Å². The van der Waals surface area contributed by atoms with Gasteiger partial charge in [-0.1, -0.05) is 18.2 Å². The Balaban J connectivity index is 1.57. The SMILES string of the molecule is CC(C)n1cnc2c(N3CCN(c4ccccc4)CC3)ncnc21. The highest BCUT2D eigenvalue weighted by molar-refractivity contribution is 5.83. The smallest absolute Gasteiger partial charge is 0.165 e. The van der Waals surface area contributed by atoms with Crippen LogP contribution < -0.4 is 9.80 Å². The van der Waals surface area contributed by atoms with E-state index in [9.17, 15) is 0 Å². The molecule has 0 unspecified atom stereocenters. The zero-order valence-electron chi connectivity index (χ0n) is 14.1. The first-order valence-corrected chi connectivity index (χ1v) is 8.46. The van der Waals surface area contributed by atoms with Crippen molar-refractivity contribution in [2.45, 2.75) is 19.9 Å². The first-order valence-electron chi connectivity index (χ1n) is 8.46. The first kappa shape index (κ1) is 14.9. The van der Waals surface area contributed by atoms with E-state index >= 15 is 0 Å². The highest BCUT2D eigenvalue weighted by Gasteiger charge is 2.22. The molecule has 2 aromatic heterocycles. The molecule has 1 saturated heterocycles. The van der Waals surface area contributed by atoms with E-state index < -0.39 is 0 Å². The van der Waals surface area contributed by atoms with Crippen molar-refractivity contribution in [2.75, 3.05) is 36.0 Å². The Bertz CT molecular complexity index is 818. The van der Waals surface area contributed by atoms with Gasteiger partial charge in [0.15, 0.2) is 17.0 Å². The predicted molar refractivity (Wildman–Crippen MR) is 96.6 cm³/mol. The van der Waals surface area contributed by atoms with Crippen molar-refractivity contribution >= 4 is 22.7 Å². The molecule has 0 saturated carbocycles. The molecule has 124 valence electrons. The standard InChI is InChI=1S/C18H22N6/c1-14(2)24-13-21-16-17(19-12-20-18(16)24)23-10-8-22(9-11-23)15-6-4-3-5-7-15/h3-7,12-14H,8-11H2,1-2H3. The molecular weight excluding hydrogens is 300 g/mol. The fourth-order valence-electron chi connectivity index (χ4n) is 3.26. The van der Waals surface area contributed by atoms with Crippen LogP contribution in [0, 0.1) is 0 Å². The lowest BCUT2D eigenvalue weighted by Gasteiger charge is -2.36. The summed E-state index contributed by atoms with van der Waals surface area (Å²) >= 11 is 0. The van der Waals surface area contributed by atoms with Gasteiger partial charge in [-0.15, -0.1) is 0 Å². The third kappa shape index (κ3) is 2.58. The Morgan fingerprint density at radius 1 is 0.875 bits per heavy atom. The van der Waals surface area contributed by atoms with E-state index in [-0.39, 0.29) is 0 Å². The average Bonchev–Trinajstić information content (AvgIpc) is 3.07. The number of nitrogens with zero attached hydrogens (tertiary/aromatic N) is 6. The number of hydrogen-bond donors (Lipinski definition) is 0. The number of benzene rings is 1. The van der Waals surface area contributed by atoms with Crippen LogP contribution in [0.4, 0.5) is 11.5 Å². The molecule has 0 atom stereocenters. The third-order valence-electron chi connectivity index (χ3n) is 4.60. The lowest BCUT2D eigenvalue weighted by molar-refractivity contribution is 0.612. The highest BCUT2D eigenvalue weighted by atomic mass is 15.3. The van der Waals surface area contributed by atoms with Crippen molar-refractivity contribution in [2.24, 2.45) is 0 Å². The van der Waals surface area contributed by atoms with E-state index in [4.69, 9.17) is 0 Å². The molecule has 0 bridgehead atoms. The zero-order valence-corrected chi connectivity index (χ0v) is 14.1. The van der Waals surface area contributed by atoms with E-state index in [2.05, 4.69) is 73.5 Å². The molecule has 1 aromatic carbocycles. The summed E-state index contributed by atoms with van der Waals surface area (Å²) in [4.78, 5) is 18.3. The van der Waals surface area contributed by atoms with Gasteiger partial charge >= 0.3 is 0 Å². The molecule has 0 aliphatic carbocycles. The molecule has 0 N–H and O–H groups in total. The van der Waals surface area contributed by atoms with Crippen molar-refractivity contribution in [1.29, 1.82) is 0 Å². The second-order valence-electron chi connectivity index (χ2n) is 6.42. The fourth-order valence-corrected chi connectivity index (χ4v) is 3.26. The van der Waals surface area contributed by atoms with E-state index in [1.54, 1.807) is 6.33 Å². The van der Waals surface area contributed by atoms with Crippen molar-refractivity contribution in [1.82, 2.24) is 19.5 Å². The van der Waals surface area contributed by atoms with Gasteiger partial charge in [-0.25, -0.2) is 15.0 Å². The maximum absolute atomic E-state index is 4.57. The second-order valence-corrected chi connectivity index (χ2v) is 6.42. The number of rotatable bonds is 3. The van der Waals surface area contributed by atoms with E-state index in [0.29, 0.717) is 6.04 Å². The van der Waals surface area contributed by atoms with Gasteiger partial charge in [-0.2, -0.15) is 0 Å². The zero-order chi connectivity index (χ0) is 16.5. The molecule has 3 heterocycles. The molecule has 24 heavy (non-hydrogen) atoms. The van der Waals surface area contributed by atoms with Crippen molar-refractivity contribution in [3.63, 3.8) is 0 Å². The van der Waals surface area contributed by atoms with Crippen LogP contribution in [0.5, 0.6) is 0 Å². The second kappa shape index (κ2) is 6.11. The molecule has 1 aliphatic heterocycles. The molecule has 0 spiro atoms. The van der Waals surface area contributed by atoms with Crippen molar-refractivity contribution < 1.29 is 0 Å². The van der Waals surface area contributed by atoms with Gasteiger partial charge < -0.3 is 14.4 Å². The Kier molecular flexibility index (Phi) is 3.80. The van der Waals surface area contributed by atoms with Gasteiger partial charge in [0.1, 0.15) is 6.33 Å². The number of fused-ring (bicyclic) bond motifs is 1. The summed E-state index contributed by atoms with van der Waals surface area (Å²) in [5.41, 5.74) is 3.11. The number of imidazole rings is 1. The third-order valence-corrected chi connectivity index (χ3v) is 4.60. The van der Waals surface area contributed by atoms with Crippen LogP contribution in [0.2, 0.25) is 0 Å². The van der Waals surface area contributed by atoms with Crippen LogP contribution in [0.1, 0.15) is 19.9 Å². The maximum Gasteiger partial charge on any atom is 0.165 e. The lowest BCUT2D eigenvalue weighted by atomic mass is 10.2. The summed E-state index contributed by atoms with van der Waals surface area (Å²) in [5.74, 6) is 0.951. The predicted octanol–water partition coefficient (Wildman–Crippen LogP) is 2.73. The number of aromatic nitrogens is 4. The molecule has 0 amide bonds. The average molecular weight is 322 g/mol. The number of para-hydroxylation sites is 1. The first-order chi connectivity index (χ1) is 11.7. The minimum atomic E-state index is 0.340. The number of anilines is 2. The lowest BCUT2D eigenvalue weighted by Crippen LogP contribution is -2.46. The van der Waals surface area contributed by atoms with Crippen LogP contribution >= 0.6 is 0 Å². The molecule has 6 nitrogen and oxygen atoms in total.